The largest absolute Gasteiger partial charge is 0.496 e. The third kappa shape index (κ3) is 3.93. The molecule has 3 N–H and O–H groups in total. The zero-order valence-electron chi connectivity index (χ0n) is 13.4. The molecule has 0 fully saturated rings. The fourth-order valence-corrected chi connectivity index (χ4v) is 2.82. The molecule has 0 aliphatic heterocycles. The van der Waals surface area contributed by atoms with Gasteiger partial charge in [-0.1, -0.05) is 12.1 Å². The second-order valence-corrected chi connectivity index (χ2v) is 6.74. The Bertz CT molecular complexity index is 989. The number of hydrogen-bond acceptors (Lipinski definition) is 6. The van der Waals surface area contributed by atoms with E-state index >= 15 is 0 Å². The highest BCUT2D eigenvalue weighted by molar-refractivity contribution is 7.89. The van der Waals surface area contributed by atoms with Gasteiger partial charge in [0.1, 0.15) is 17.9 Å². The van der Waals surface area contributed by atoms with Gasteiger partial charge in [0.25, 0.3) is 0 Å². The van der Waals surface area contributed by atoms with Gasteiger partial charge in [0.15, 0.2) is 0 Å². The maximum Gasteiger partial charge on any atom is 0.238 e. The van der Waals surface area contributed by atoms with E-state index in [9.17, 15) is 8.42 Å². The number of para-hydroxylation sites is 1. The van der Waals surface area contributed by atoms with Crippen LogP contribution in [0.15, 0.2) is 65.8 Å². The zero-order valence-corrected chi connectivity index (χ0v) is 14.2. The maximum absolute atomic E-state index is 11.3. The normalized spacial score (nSPS) is 11.1. The van der Waals surface area contributed by atoms with Gasteiger partial charge >= 0.3 is 0 Å². The number of primary sulfonamides is 1. The number of nitrogens with one attached hydrogen (secondary N) is 1. The lowest BCUT2D eigenvalue weighted by atomic mass is 10.1. The summed E-state index contributed by atoms with van der Waals surface area (Å²) in [5.74, 6) is 1.28. The van der Waals surface area contributed by atoms with Crippen LogP contribution < -0.4 is 15.2 Å². The van der Waals surface area contributed by atoms with Gasteiger partial charge in [-0.3, -0.25) is 0 Å². The van der Waals surface area contributed by atoms with Crippen molar-refractivity contribution < 1.29 is 13.2 Å². The molecular formula is C17H16N4O3S. The number of nitrogens with two attached hydrogens (primary N) is 1. The van der Waals surface area contributed by atoms with Gasteiger partial charge in [-0.05, 0) is 36.4 Å². The van der Waals surface area contributed by atoms with Crippen LogP contribution in [0.4, 0.5) is 11.5 Å². The van der Waals surface area contributed by atoms with E-state index in [-0.39, 0.29) is 4.90 Å². The topological polar surface area (TPSA) is 107 Å². The lowest BCUT2D eigenvalue weighted by molar-refractivity contribution is 0.416. The average molecular weight is 356 g/mol. The number of anilines is 2. The molecule has 1 aromatic heterocycles. The predicted octanol–water partition coefficient (Wildman–Crippen LogP) is 2.54. The minimum atomic E-state index is -3.71. The monoisotopic (exact) mass is 356 g/mol. The third-order valence-electron chi connectivity index (χ3n) is 3.51. The van der Waals surface area contributed by atoms with Crippen LogP contribution in [-0.2, 0) is 10.0 Å². The quantitative estimate of drug-likeness (QED) is 0.727. The summed E-state index contributed by atoms with van der Waals surface area (Å²) in [5, 5.41) is 8.19. The summed E-state index contributed by atoms with van der Waals surface area (Å²) in [4.78, 5) is 8.51. The Morgan fingerprint density at radius 2 is 1.76 bits per heavy atom. The number of methoxy groups -OCH3 is 1. The Morgan fingerprint density at radius 1 is 1.04 bits per heavy atom. The van der Waals surface area contributed by atoms with Crippen LogP contribution in [0.3, 0.4) is 0 Å². The van der Waals surface area contributed by atoms with Crippen molar-refractivity contribution in [3.05, 3.63) is 60.9 Å². The molecule has 0 aliphatic carbocycles. The van der Waals surface area contributed by atoms with E-state index in [1.54, 1.807) is 25.3 Å². The number of hydrogen-bond donors (Lipinski definition) is 2. The highest BCUT2D eigenvalue weighted by Crippen LogP contribution is 2.29. The second-order valence-electron chi connectivity index (χ2n) is 5.18. The minimum absolute atomic E-state index is 0.0513. The Labute approximate surface area is 145 Å². The molecule has 128 valence electrons. The number of aromatic nitrogens is 2. The number of sulfonamides is 1. The first-order valence-electron chi connectivity index (χ1n) is 7.33. The van der Waals surface area contributed by atoms with Crippen LogP contribution >= 0.6 is 0 Å². The van der Waals surface area contributed by atoms with E-state index in [1.165, 1.54) is 18.5 Å². The first-order chi connectivity index (χ1) is 12.0. The molecular weight excluding hydrogens is 340 g/mol. The van der Waals surface area contributed by atoms with Crippen LogP contribution in [0.25, 0.3) is 11.3 Å². The minimum Gasteiger partial charge on any atom is -0.496 e. The highest BCUT2D eigenvalue weighted by atomic mass is 32.2. The number of nitrogens with zero attached hydrogens (tertiary/aromatic N) is 2. The molecule has 0 saturated carbocycles. The highest BCUT2D eigenvalue weighted by Gasteiger charge is 2.09. The summed E-state index contributed by atoms with van der Waals surface area (Å²) in [7, 11) is -2.11. The number of benzene rings is 2. The van der Waals surface area contributed by atoms with Crippen LogP contribution in [-0.4, -0.2) is 25.5 Å². The molecule has 0 bridgehead atoms. The zero-order chi connectivity index (χ0) is 17.9. The van der Waals surface area contributed by atoms with Gasteiger partial charge in [0.05, 0.1) is 17.7 Å². The first-order valence-corrected chi connectivity index (χ1v) is 8.87. The Hall–Kier alpha value is -2.97. The van der Waals surface area contributed by atoms with E-state index in [0.717, 1.165) is 5.56 Å². The molecule has 1 heterocycles. The average Bonchev–Trinajstić information content (AvgIpc) is 2.61. The smallest absolute Gasteiger partial charge is 0.238 e. The van der Waals surface area contributed by atoms with E-state index in [4.69, 9.17) is 9.88 Å². The summed E-state index contributed by atoms with van der Waals surface area (Å²) in [5.41, 5.74) is 2.23. The fraction of sp³-hybridized carbons (Fsp3) is 0.0588. The lowest BCUT2D eigenvalue weighted by Gasteiger charge is -2.10. The van der Waals surface area contributed by atoms with Crippen molar-refractivity contribution in [2.24, 2.45) is 5.14 Å². The number of ether oxygens (including phenoxy) is 1. The van der Waals surface area contributed by atoms with E-state index in [1.807, 2.05) is 24.3 Å². The molecule has 3 rings (SSSR count). The van der Waals surface area contributed by atoms with Crippen LogP contribution in [0, 0.1) is 0 Å². The molecule has 8 heteroatoms. The molecule has 0 atom stereocenters. The summed E-state index contributed by atoms with van der Waals surface area (Å²) in [6.45, 7) is 0. The molecule has 0 aliphatic rings. The molecule has 2 aromatic carbocycles. The van der Waals surface area contributed by atoms with Crippen molar-refractivity contribution in [2.75, 3.05) is 12.4 Å². The summed E-state index contributed by atoms with van der Waals surface area (Å²) in [6.07, 6.45) is 1.45. The van der Waals surface area contributed by atoms with Crippen molar-refractivity contribution in [1.82, 2.24) is 9.97 Å². The van der Waals surface area contributed by atoms with Crippen molar-refractivity contribution in [3.63, 3.8) is 0 Å². The molecule has 0 unspecified atom stereocenters. The SMILES string of the molecule is COc1ccccc1-c1cc(Nc2ccc(S(N)(=O)=O)cc2)ncn1. The van der Waals surface area contributed by atoms with Gasteiger partial charge in [-0.15, -0.1) is 0 Å². The standard InChI is InChI=1S/C17H16N4O3S/c1-24-16-5-3-2-4-14(16)15-10-17(20-11-19-15)21-12-6-8-13(9-7-12)25(18,22)23/h2-11H,1H3,(H2,18,22,23)(H,19,20,21). The van der Waals surface area contributed by atoms with E-state index in [0.29, 0.717) is 22.9 Å². The number of rotatable bonds is 5. The third-order valence-corrected chi connectivity index (χ3v) is 4.43. The maximum atomic E-state index is 11.3. The molecule has 0 radical (unpaired) electrons. The predicted molar refractivity (Wildman–Crippen MR) is 95.1 cm³/mol. The van der Waals surface area contributed by atoms with Crippen molar-refractivity contribution in [2.45, 2.75) is 4.90 Å². The van der Waals surface area contributed by atoms with Crippen LogP contribution in [0.2, 0.25) is 0 Å². The second kappa shape index (κ2) is 6.88. The van der Waals surface area contributed by atoms with Crippen LogP contribution in [0.1, 0.15) is 0 Å². The van der Waals surface area contributed by atoms with Crippen molar-refractivity contribution in [3.8, 4) is 17.0 Å². The van der Waals surface area contributed by atoms with Gasteiger partial charge < -0.3 is 10.1 Å². The molecule has 7 nitrogen and oxygen atoms in total. The molecule has 0 saturated heterocycles. The van der Waals surface area contributed by atoms with Crippen LogP contribution in [0.5, 0.6) is 5.75 Å². The van der Waals surface area contributed by atoms with E-state index in [2.05, 4.69) is 15.3 Å². The van der Waals surface area contributed by atoms with Crippen molar-refractivity contribution >= 4 is 21.5 Å². The fourth-order valence-electron chi connectivity index (χ4n) is 2.31. The first kappa shape index (κ1) is 16.9. The Kier molecular flexibility index (Phi) is 4.64. The Morgan fingerprint density at radius 3 is 2.44 bits per heavy atom. The van der Waals surface area contributed by atoms with Gasteiger partial charge in [0, 0.05) is 17.3 Å². The van der Waals surface area contributed by atoms with Gasteiger partial charge in [-0.25, -0.2) is 23.5 Å². The molecule has 0 amide bonds. The Balaban J connectivity index is 1.87. The molecule has 3 aromatic rings. The summed E-state index contributed by atoms with van der Waals surface area (Å²) in [6, 6.07) is 15.4. The molecule has 0 spiro atoms. The van der Waals surface area contributed by atoms with Crippen molar-refractivity contribution in [1.29, 1.82) is 0 Å². The van der Waals surface area contributed by atoms with Gasteiger partial charge in [-0.2, -0.15) is 0 Å². The lowest BCUT2D eigenvalue weighted by Crippen LogP contribution is -2.11. The molecule has 25 heavy (non-hydrogen) atoms. The summed E-state index contributed by atoms with van der Waals surface area (Å²) < 4.78 is 27.9. The van der Waals surface area contributed by atoms with Gasteiger partial charge in [0.2, 0.25) is 10.0 Å². The van der Waals surface area contributed by atoms with E-state index < -0.39 is 10.0 Å². The summed E-state index contributed by atoms with van der Waals surface area (Å²) >= 11 is 0.